The minimum absolute atomic E-state index is 0.0384. The van der Waals surface area contributed by atoms with Gasteiger partial charge in [-0.2, -0.15) is 22.0 Å². The van der Waals surface area contributed by atoms with E-state index >= 15 is 0 Å². The molecule has 0 radical (unpaired) electrons. The zero-order valence-corrected chi connectivity index (χ0v) is 9.46. The first kappa shape index (κ1) is 13.1. The third-order valence-corrected chi connectivity index (χ3v) is 2.40. The zero-order chi connectivity index (χ0) is 12.6. The van der Waals surface area contributed by atoms with Gasteiger partial charge in [-0.3, -0.25) is 0 Å². The van der Waals surface area contributed by atoms with E-state index in [9.17, 15) is 22.0 Å². The van der Waals surface area contributed by atoms with Gasteiger partial charge < -0.3 is 5.32 Å². The van der Waals surface area contributed by atoms with Gasteiger partial charge >= 0.3 is 12.1 Å². The van der Waals surface area contributed by atoms with Crippen molar-refractivity contribution in [1.82, 2.24) is 4.98 Å². The van der Waals surface area contributed by atoms with Crippen LogP contribution in [0.5, 0.6) is 0 Å². The Morgan fingerprint density at radius 2 is 1.81 bits per heavy atom. The van der Waals surface area contributed by atoms with Crippen LogP contribution < -0.4 is 5.32 Å². The van der Waals surface area contributed by atoms with Crippen LogP contribution in [-0.4, -0.2) is 18.2 Å². The largest absolute Gasteiger partial charge is 0.458 e. The second kappa shape index (κ2) is 4.15. The quantitative estimate of drug-likeness (QED) is 0.845. The van der Waals surface area contributed by atoms with Gasteiger partial charge in [0.25, 0.3) is 0 Å². The molecule has 1 aromatic rings. The molecule has 0 aliphatic rings. The Bertz CT molecular complexity index is 391. The van der Waals surface area contributed by atoms with Crippen LogP contribution in [0.25, 0.3) is 0 Å². The van der Waals surface area contributed by atoms with Crippen molar-refractivity contribution in [3.05, 3.63) is 22.3 Å². The monoisotopic (exact) mass is 304 g/mol. The maximum atomic E-state index is 12.9. The predicted molar refractivity (Wildman–Crippen MR) is 51.4 cm³/mol. The summed E-state index contributed by atoms with van der Waals surface area (Å²) in [5.41, 5.74) is -1.20. The molecule has 0 fully saturated rings. The first-order valence-corrected chi connectivity index (χ1v) is 4.77. The van der Waals surface area contributed by atoms with Crippen molar-refractivity contribution >= 4 is 21.7 Å². The van der Waals surface area contributed by atoms with Gasteiger partial charge in [-0.15, -0.1) is 0 Å². The summed E-state index contributed by atoms with van der Waals surface area (Å²) in [5, 5.41) is 2.53. The molecule has 0 unspecified atom stereocenters. The van der Waals surface area contributed by atoms with Gasteiger partial charge in [0.2, 0.25) is 0 Å². The van der Waals surface area contributed by atoms with Crippen LogP contribution in [0.4, 0.5) is 27.8 Å². The molecule has 0 aliphatic heterocycles. The molecular weight excluding hydrogens is 299 g/mol. The molecule has 2 nitrogen and oxygen atoms in total. The van der Waals surface area contributed by atoms with Crippen LogP contribution in [-0.2, 0) is 5.92 Å². The smallest absolute Gasteiger partial charge is 0.372 e. The highest BCUT2D eigenvalue weighted by atomic mass is 79.9. The number of nitrogens with zero attached hydrogens (tertiary/aromatic N) is 1. The first-order chi connectivity index (χ1) is 7.20. The summed E-state index contributed by atoms with van der Waals surface area (Å²) < 4.78 is 61.9. The van der Waals surface area contributed by atoms with E-state index in [0.717, 1.165) is 0 Å². The lowest BCUT2D eigenvalue weighted by molar-refractivity contribution is -0.289. The molecule has 90 valence electrons. The SMILES string of the molecule is CNc1ncc(C(F)(F)C(F)(F)F)cc1Br. The molecule has 1 aromatic heterocycles. The van der Waals surface area contributed by atoms with E-state index in [0.29, 0.717) is 12.3 Å². The number of anilines is 1. The van der Waals surface area contributed by atoms with Crippen molar-refractivity contribution in [2.24, 2.45) is 0 Å². The lowest BCUT2D eigenvalue weighted by atomic mass is 10.1. The standard InChI is InChI=1S/C8H6BrF5N2/c1-15-6-5(9)2-4(3-16-6)7(10,11)8(12,13)14/h2-3H,1H3,(H,15,16). The molecule has 1 rings (SSSR count). The number of alkyl halides is 5. The number of halogens is 6. The lowest BCUT2D eigenvalue weighted by Gasteiger charge is -2.20. The molecule has 1 N–H and O–H groups in total. The number of aromatic nitrogens is 1. The fraction of sp³-hybridized carbons (Fsp3) is 0.375. The Balaban J connectivity index is 3.20. The van der Waals surface area contributed by atoms with Gasteiger partial charge in [0.1, 0.15) is 5.82 Å². The van der Waals surface area contributed by atoms with Crippen molar-refractivity contribution in [2.45, 2.75) is 12.1 Å². The Morgan fingerprint density at radius 1 is 1.25 bits per heavy atom. The molecule has 0 spiro atoms. The van der Waals surface area contributed by atoms with E-state index in [1.807, 2.05) is 0 Å². The van der Waals surface area contributed by atoms with Crippen molar-refractivity contribution in [3.63, 3.8) is 0 Å². The fourth-order valence-electron chi connectivity index (χ4n) is 0.957. The number of nitrogens with one attached hydrogen (secondary N) is 1. The molecular formula is C8H6BrF5N2. The summed E-state index contributed by atoms with van der Waals surface area (Å²) in [4.78, 5) is 3.44. The second-order valence-corrected chi connectivity index (χ2v) is 3.73. The second-order valence-electron chi connectivity index (χ2n) is 2.88. The van der Waals surface area contributed by atoms with E-state index in [-0.39, 0.29) is 10.3 Å². The van der Waals surface area contributed by atoms with Crippen LogP contribution in [0, 0.1) is 0 Å². The molecule has 0 aromatic carbocycles. The minimum Gasteiger partial charge on any atom is -0.372 e. The Morgan fingerprint density at radius 3 is 2.19 bits per heavy atom. The highest BCUT2D eigenvalue weighted by molar-refractivity contribution is 9.10. The summed E-state index contributed by atoms with van der Waals surface area (Å²) >= 11 is 2.84. The Kier molecular flexibility index (Phi) is 3.41. The van der Waals surface area contributed by atoms with Crippen LogP contribution >= 0.6 is 15.9 Å². The summed E-state index contributed by atoms with van der Waals surface area (Å²) in [7, 11) is 1.47. The van der Waals surface area contributed by atoms with Crippen LogP contribution in [0.2, 0.25) is 0 Å². The summed E-state index contributed by atoms with van der Waals surface area (Å²) in [6.45, 7) is 0. The van der Waals surface area contributed by atoms with Crippen LogP contribution in [0.15, 0.2) is 16.7 Å². The van der Waals surface area contributed by atoms with E-state index in [2.05, 4.69) is 26.2 Å². The van der Waals surface area contributed by atoms with Crippen molar-refractivity contribution < 1.29 is 22.0 Å². The topological polar surface area (TPSA) is 24.9 Å². The Labute approximate surface area is 96.0 Å². The normalized spacial score (nSPS) is 12.7. The van der Waals surface area contributed by atoms with E-state index in [1.165, 1.54) is 7.05 Å². The molecule has 0 saturated carbocycles. The third-order valence-electron chi connectivity index (χ3n) is 1.80. The highest BCUT2D eigenvalue weighted by Crippen LogP contribution is 2.44. The lowest BCUT2D eigenvalue weighted by Crippen LogP contribution is -2.33. The van der Waals surface area contributed by atoms with Crippen molar-refractivity contribution in [3.8, 4) is 0 Å². The molecule has 0 bridgehead atoms. The third kappa shape index (κ3) is 2.26. The first-order valence-electron chi connectivity index (χ1n) is 3.98. The molecule has 16 heavy (non-hydrogen) atoms. The average Bonchev–Trinajstić information content (AvgIpc) is 2.15. The molecule has 8 heteroatoms. The number of rotatable bonds is 2. The summed E-state index contributed by atoms with van der Waals surface area (Å²) in [6.07, 6.45) is -5.14. The van der Waals surface area contributed by atoms with Gasteiger partial charge in [-0.05, 0) is 22.0 Å². The molecule has 1 heterocycles. The minimum atomic E-state index is -5.63. The maximum Gasteiger partial charge on any atom is 0.458 e. The molecule has 0 saturated heterocycles. The maximum absolute atomic E-state index is 12.9. The van der Waals surface area contributed by atoms with E-state index in [4.69, 9.17) is 0 Å². The number of pyridine rings is 1. The summed E-state index contributed by atoms with van der Waals surface area (Å²) in [6, 6.07) is 0.687. The average molecular weight is 305 g/mol. The zero-order valence-electron chi connectivity index (χ0n) is 7.87. The fourth-order valence-corrected chi connectivity index (χ4v) is 1.50. The van der Waals surface area contributed by atoms with Crippen LogP contribution in [0.1, 0.15) is 5.56 Å². The van der Waals surface area contributed by atoms with E-state index in [1.54, 1.807) is 0 Å². The van der Waals surface area contributed by atoms with Gasteiger partial charge in [-0.25, -0.2) is 4.98 Å². The summed E-state index contributed by atoms with van der Waals surface area (Å²) in [5.74, 6) is -4.73. The number of hydrogen-bond acceptors (Lipinski definition) is 2. The van der Waals surface area contributed by atoms with E-state index < -0.39 is 17.7 Å². The molecule has 0 amide bonds. The molecule has 0 aliphatic carbocycles. The Hall–Kier alpha value is -0.920. The highest BCUT2D eigenvalue weighted by Gasteiger charge is 2.59. The van der Waals surface area contributed by atoms with Gasteiger partial charge in [0.15, 0.2) is 0 Å². The van der Waals surface area contributed by atoms with Crippen LogP contribution in [0.3, 0.4) is 0 Å². The van der Waals surface area contributed by atoms with Gasteiger partial charge in [0, 0.05) is 13.2 Å². The molecule has 0 atom stereocenters. The van der Waals surface area contributed by atoms with Gasteiger partial charge in [0.05, 0.1) is 10.0 Å². The van der Waals surface area contributed by atoms with Gasteiger partial charge in [-0.1, -0.05) is 0 Å². The predicted octanol–water partition coefficient (Wildman–Crippen LogP) is 3.54. The van der Waals surface area contributed by atoms with Crippen molar-refractivity contribution in [1.29, 1.82) is 0 Å². The number of hydrogen-bond donors (Lipinski definition) is 1. The van der Waals surface area contributed by atoms with Crippen molar-refractivity contribution in [2.75, 3.05) is 12.4 Å².